The summed E-state index contributed by atoms with van der Waals surface area (Å²) in [5.41, 5.74) is 7.92. The Morgan fingerprint density at radius 1 is 1.21 bits per heavy atom. The molecular weight excluding hydrogens is 262 g/mol. The zero-order valence-electron chi connectivity index (χ0n) is 11.1. The molecule has 1 aromatic heterocycles. The highest BCUT2D eigenvalue weighted by molar-refractivity contribution is 5.85. The van der Waals surface area contributed by atoms with E-state index in [0.717, 1.165) is 25.3 Å². The topological polar surface area (TPSA) is 60.0 Å². The molecule has 0 atom stereocenters. The summed E-state index contributed by atoms with van der Waals surface area (Å²) >= 11 is 0. The summed E-state index contributed by atoms with van der Waals surface area (Å²) in [5.74, 6) is 0. The molecule has 0 fully saturated rings. The highest BCUT2D eigenvalue weighted by atomic mass is 35.5. The number of nitrogens with two attached hydrogens (primary N) is 1. The Morgan fingerprint density at radius 2 is 1.95 bits per heavy atom. The van der Waals surface area contributed by atoms with Gasteiger partial charge in [-0.05, 0) is 5.56 Å². The molecule has 0 saturated heterocycles. The van der Waals surface area contributed by atoms with Crippen LogP contribution in [0.15, 0.2) is 36.5 Å². The van der Waals surface area contributed by atoms with Crippen LogP contribution in [-0.4, -0.2) is 33.0 Å². The van der Waals surface area contributed by atoms with Crippen molar-refractivity contribution in [2.75, 3.05) is 13.1 Å². The molecule has 2 rings (SSSR count). The number of halogens is 1. The average molecular weight is 282 g/mol. The van der Waals surface area contributed by atoms with Gasteiger partial charge in [-0.3, -0.25) is 4.90 Å². The fourth-order valence-corrected chi connectivity index (χ4v) is 1.93. The molecule has 2 aromatic rings. The lowest BCUT2D eigenvalue weighted by molar-refractivity contribution is 0.260. The molecule has 0 aliphatic carbocycles. The SMILES string of the molecule is Cl.Cn1ncc(CN(CCN)Cc2ccccc2)n1. The lowest BCUT2D eigenvalue weighted by Gasteiger charge is -2.20. The number of rotatable bonds is 6. The summed E-state index contributed by atoms with van der Waals surface area (Å²) in [4.78, 5) is 3.86. The van der Waals surface area contributed by atoms with Crippen molar-refractivity contribution in [1.82, 2.24) is 19.9 Å². The van der Waals surface area contributed by atoms with E-state index in [-0.39, 0.29) is 12.4 Å². The third kappa shape index (κ3) is 4.98. The zero-order chi connectivity index (χ0) is 12.8. The largest absolute Gasteiger partial charge is 0.329 e. The van der Waals surface area contributed by atoms with Gasteiger partial charge in [0.2, 0.25) is 0 Å². The molecule has 0 radical (unpaired) electrons. The molecule has 0 aliphatic heterocycles. The summed E-state index contributed by atoms with van der Waals surface area (Å²) in [6.45, 7) is 3.16. The number of nitrogens with zero attached hydrogens (tertiary/aromatic N) is 4. The van der Waals surface area contributed by atoms with E-state index in [1.165, 1.54) is 5.56 Å². The molecule has 5 nitrogen and oxygen atoms in total. The van der Waals surface area contributed by atoms with Gasteiger partial charge < -0.3 is 5.73 Å². The number of hydrogen-bond donors (Lipinski definition) is 1. The monoisotopic (exact) mass is 281 g/mol. The zero-order valence-corrected chi connectivity index (χ0v) is 11.9. The lowest BCUT2D eigenvalue weighted by atomic mass is 10.2. The molecule has 0 unspecified atom stereocenters. The van der Waals surface area contributed by atoms with Gasteiger partial charge in [0.1, 0.15) is 0 Å². The van der Waals surface area contributed by atoms with Gasteiger partial charge in [-0.2, -0.15) is 15.0 Å². The van der Waals surface area contributed by atoms with Gasteiger partial charge in [-0.1, -0.05) is 30.3 Å². The highest BCUT2D eigenvalue weighted by Crippen LogP contribution is 2.07. The van der Waals surface area contributed by atoms with Crippen LogP contribution in [0.25, 0.3) is 0 Å². The van der Waals surface area contributed by atoms with Crippen molar-refractivity contribution >= 4 is 12.4 Å². The van der Waals surface area contributed by atoms with Crippen molar-refractivity contribution in [2.24, 2.45) is 12.8 Å². The normalized spacial score (nSPS) is 10.5. The minimum absolute atomic E-state index is 0. The van der Waals surface area contributed by atoms with Gasteiger partial charge in [0.15, 0.2) is 0 Å². The van der Waals surface area contributed by atoms with Crippen molar-refractivity contribution in [2.45, 2.75) is 13.1 Å². The second kappa shape index (κ2) is 7.89. The van der Waals surface area contributed by atoms with Crippen molar-refractivity contribution < 1.29 is 0 Å². The van der Waals surface area contributed by atoms with Crippen molar-refractivity contribution in [1.29, 1.82) is 0 Å². The Morgan fingerprint density at radius 3 is 2.53 bits per heavy atom. The van der Waals surface area contributed by atoms with Crippen molar-refractivity contribution in [3.63, 3.8) is 0 Å². The first-order valence-corrected chi connectivity index (χ1v) is 6.09. The number of aryl methyl sites for hydroxylation is 1. The smallest absolute Gasteiger partial charge is 0.0967 e. The van der Waals surface area contributed by atoms with Crippen LogP contribution in [0.3, 0.4) is 0 Å². The first-order chi connectivity index (χ1) is 8.78. The second-order valence-electron chi connectivity index (χ2n) is 4.31. The molecule has 2 N–H and O–H groups in total. The van der Waals surface area contributed by atoms with E-state index in [9.17, 15) is 0 Å². The van der Waals surface area contributed by atoms with Crippen LogP contribution >= 0.6 is 12.4 Å². The number of benzene rings is 1. The lowest BCUT2D eigenvalue weighted by Crippen LogP contribution is -2.28. The molecule has 0 spiro atoms. The maximum Gasteiger partial charge on any atom is 0.0967 e. The first kappa shape index (κ1) is 15.6. The Labute approximate surface area is 119 Å². The summed E-state index contributed by atoms with van der Waals surface area (Å²) in [6.07, 6.45) is 1.80. The van der Waals surface area contributed by atoms with E-state index in [1.807, 2.05) is 13.1 Å². The third-order valence-corrected chi connectivity index (χ3v) is 2.73. The van der Waals surface area contributed by atoms with Crippen LogP contribution in [0.5, 0.6) is 0 Å². The minimum atomic E-state index is 0. The van der Waals surface area contributed by atoms with Crippen LogP contribution in [0, 0.1) is 0 Å². The van der Waals surface area contributed by atoms with Gasteiger partial charge in [0.25, 0.3) is 0 Å². The molecule has 0 aliphatic rings. The molecular formula is C13H20ClN5. The fraction of sp³-hybridized carbons (Fsp3) is 0.385. The molecule has 0 amide bonds. The van der Waals surface area contributed by atoms with E-state index >= 15 is 0 Å². The molecule has 0 saturated carbocycles. The molecule has 1 heterocycles. The van der Waals surface area contributed by atoms with Crippen LogP contribution in [0.2, 0.25) is 0 Å². The third-order valence-electron chi connectivity index (χ3n) is 2.73. The van der Waals surface area contributed by atoms with Crippen LogP contribution in [-0.2, 0) is 20.1 Å². The maximum atomic E-state index is 5.66. The van der Waals surface area contributed by atoms with E-state index in [0.29, 0.717) is 6.54 Å². The van der Waals surface area contributed by atoms with E-state index in [2.05, 4.69) is 39.4 Å². The van der Waals surface area contributed by atoms with Gasteiger partial charge in [-0.15, -0.1) is 12.4 Å². The minimum Gasteiger partial charge on any atom is -0.329 e. The Bertz CT molecular complexity index is 471. The van der Waals surface area contributed by atoms with E-state index in [1.54, 1.807) is 11.0 Å². The maximum absolute atomic E-state index is 5.66. The number of hydrogen-bond acceptors (Lipinski definition) is 4. The molecule has 104 valence electrons. The highest BCUT2D eigenvalue weighted by Gasteiger charge is 2.08. The van der Waals surface area contributed by atoms with E-state index in [4.69, 9.17) is 5.73 Å². The predicted octanol–water partition coefficient (Wildman–Crippen LogP) is 1.20. The Balaban J connectivity index is 0.00000180. The predicted molar refractivity (Wildman–Crippen MR) is 77.9 cm³/mol. The summed E-state index contributed by atoms with van der Waals surface area (Å²) in [5, 5.41) is 8.38. The summed E-state index contributed by atoms with van der Waals surface area (Å²) < 4.78 is 0. The fourth-order valence-electron chi connectivity index (χ4n) is 1.93. The van der Waals surface area contributed by atoms with E-state index < -0.39 is 0 Å². The Kier molecular flexibility index (Phi) is 6.49. The van der Waals surface area contributed by atoms with Crippen molar-refractivity contribution in [3.05, 3.63) is 47.8 Å². The molecule has 1 aromatic carbocycles. The molecule has 0 bridgehead atoms. The molecule has 6 heteroatoms. The quantitative estimate of drug-likeness (QED) is 0.864. The summed E-state index contributed by atoms with van der Waals surface area (Å²) in [7, 11) is 1.83. The first-order valence-electron chi connectivity index (χ1n) is 6.09. The van der Waals surface area contributed by atoms with Gasteiger partial charge in [0, 0.05) is 33.2 Å². The standard InChI is InChI=1S/C13H19N5.ClH/c1-17-15-9-13(16-17)11-18(8-7-14)10-12-5-3-2-4-6-12;/h2-6,9H,7-8,10-11,14H2,1H3;1H. The average Bonchev–Trinajstić information content (AvgIpc) is 2.76. The van der Waals surface area contributed by atoms with Crippen molar-refractivity contribution in [3.8, 4) is 0 Å². The molecule has 19 heavy (non-hydrogen) atoms. The van der Waals surface area contributed by atoms with Gasteiger partial charge in [0.05, 0.1) is 11.9 Å². The number of aromatic nitrogens is 3. The summed E-state index contributed by atoms with van der Waals surface area (Å²) in [6, 6.07) is 10.4. The van der Waals surface area contributed by atoms with Crippen LogP contribution in [0.1, 0.15) is 11.3 Å². The van der Waals surface area contributed by atoms with Crippen LogP contribution in [0.4, 0.5) is 0 Å². The van der Waals surface area contributed by atoms with Gasteiger partial charge >= 0.3 is 0 Å². The van der Waals surface area contributed by atoms with Crippen LogP contribution < -0.4 is 5.73 Å². The van der Waals surface area contributed by atoms with Gasteiger partial charge in [-0.25, -0.2) is 0 Å². The second-order valence-corrected chi connectivity index (χ2v) is 4.31. The Hall–Kier alpha value is -1.43.